The summed E-state index contributed by atoms with van der Waals surface area (Å²) in [5.41, 5.74) is 4.87. The minimum absolute atomic E-state index is 0.137. The predicted molar refractivity (Wildman–Crippen MR) is 119 cm³/mol. The summed E-state index contributed by atoms with van der Waals surface area (Å²) < 4.78 is 13.5. The van der Waals surface area contributed by atoms with E-state index < -0.39 is 0 Å². The quantitative estimate of drug-likeness (QED) is 0.453. The van der Waals surface area contributed by atoms with E-state index in [0.29, 0.717) is 29.2 Å². The van der Waals surface area contributed by atoms with Gasteiger partial charge in [0.25, 0.3) is 5.91 Å². The molecule has 1 heterocycles. The molecule has 0 saturated carbocycles. The van der Waals surface area contributed by atoms with Crippen LogP contribution in [0.25, 0.3) is 11.3 Å². The van der Waals surface area contributed by atoms with Gasteiger partial charge in [0.05, 0.1) is 5.69 Å². The summed E-state index contributed by atoms with van der Waals surface area (Å²) in [4.78, 5) is 20.8. The van der Waals surface area contributed by atoms with Gasteiger partial charge >= 0.3 is 0 Å². The number of amides is 1. The van der Waals surface area contributed by atoms with Gasteiger partial charge in [0.2, 0.25) is 0 Å². The standard InChI is InChI=1S/C25H21FN4O/c1-17-5-7-18(8-6-17)15-27-25(31)19-9-11-22(12-10-19)30-24-14-23(28-16-29-24)20-3-2-4-21(26)13-20/h2-14,16H,15H2,1H3,(H,27,31)(H,28,29,30). The predicted octanol–water partition coefficient (Wildman–Crippen LogP) is 5.26. The van der Waals surface area contributed by atoms with Gasteiger partial charge in [0.1, 0.15) is 18.0 Å². The number of nitrogens with one attached hydrogen (secondary N) is 2. The highest BCUT2D eigenvalue weighted by Crippen LogP contribution is 2.22. The van der Waals surface area contributed by atoms with Crippen LogP contribution in [0.15, 0.2) is 85.2 Å². The maximum absolute atomic E-state index is 13.5. The normalized spacial score (nSPS) is 10.5. The van der Waals surface area contributed by atoms with E-state index in [9.17, 15) is 9.18 Å². The molecule has 0 radical (unpaired) electrons. The maximum atomic E-state index is 13.5. The number of aromatic nitrogens is 2. The van der Waals surface area contributed by atoms with Crippen LogP contribution < -0.4 is 10.6 Å². The molecule has 1 aromatic heterocycles. The second-order valence-corrected chi connectivity index (χ2v) is 7.17. The van der Waals surface area contributed by atoms with E-state index in [1.165, 1.54) is 24.0 Å². The van der Waals surface area contributed by atoms with Gasteiger partial charge in [-0.1, -0.05) is 42.0 Å². The van der Waals surface area contributed by atoms with Crippen LogP contribution in [0.5, 0.6) is 0 Å². The zero-order valence-electron chi connectivity index (χ0n) is 17.0. The Morgan fingerprint density at radius 3 is 2.45 bits per heavy atom. The first kappa shape index (κ1) is 20.2. The van der Waals surface area contributed by atoms with Crippen molar-refractivity contribution in [2.45, 2.75) is 13.5 Å². The Hall–Kier alpha value is -4.06. The molecule has 0 unspecified atom stereocenters. The molecule has 5 nitrogen and oxygen atoms in total. The Morgan fingerprint density at radius 1 is 0.935 bits per heavy atom. The first-order valence-electron chi connectivity index (χ1n) is 9.86. The molecule has 0 aliphatic rings. The molecular weight excluding hydrogens is 391 g/mol. The number of carbonyl (C=O) groups is 1. The van der Waals surface area contributed by atoms with E-state index in [4.69, 9.17) is 0 Å². The molecule has 0 spiro atoms. The topological polar surface area (TPSA) is 66.9 Å². The summed E-state index contributed by atoms with van der Waals surface area (Å²) in [6, 6.07) is 23.2. The van der Waals surface area contributed by atoms with Gasteiger partial charge < -0.3 is 10.6 Å². The highest BCUT2D eigenvalue weighted by molar-refractivity contribution is 5.94. The SMILES string of the molecule is Cc1ccc(CNC(=O)c2ccc(Nc3cc(-c4cccc(F)c4)ncn3)cc2)cc1. The van der Waals surface area contributed by atoms with Gasteiger partial charge in [0.15, 0.2) is 0 Å². The number of benzene rings is 3. The smallest absolute Gasteiger partial charge is 0.251 e. The fraction of sp³-hybridized carbons (Fsp3) is 0.0800. The van der Waals surface area contributed by atoms with Crippen LogP contribution in [0.3, 0.4) is 0 Å². The molecule has 0 aliphatic carbocycles. The molecule has 0 atom stereocenters. The number of rotatable bonds is 6. The summed E-state index contributed by atoms with van der Waals surface area (Å²) in [5.74, 6) is 0.121. The molecule has 0 saturated heterocycles. The highest BCUT2D eigenvalue weighted by Gasteiger charge is 2.07. The van der Waals surface area contributed by atoms with E-state index in [1.54, 1.807) is 30.3 Å². The minimum atomic E-state index is -0.318. The Balaban J connectivity index is 1.40. The first-order chi connectivity index (χ1) is 15.1. The van der Waals surface area contributed by atoms with E-state index in [-0.39, 0.29) is 11.7 Å². The fourth-order valence-corrected chi connectivity index (χ4v) is 3.07. The second-order valence-electron chi connectivity index (χ2n) is 7.17. The average Bonchev–Trinajstić information content (AvgIpc) is 2.79. The van der Waals surface area contributed by atoms with Crippen LogP contribution in [-0.2, 0) is 6.54 Å². The van der Waals surface area contributed by atoms with Crippen LogP contribution in [0, 0.1) is 12.7 Å². The Kier molecular flexibility index (Phi) is 5.98. The maximum Gasteiger partial charge on any atom is 0.251 e. The third kappa shape index (κ3) is 5.30. The molecule has 1 amide bonds. The van der Waals surface area contributed by atoms with Crippen LogP contribution in [0.4, 0.5) is 15.9 Å². The van der Waals surface area contributed by atoms with Crippen molar-refractivity contribution in [3.05, 3.63) is 108 Å². The van der Waals surface area contributed by atoms with E-state index in [1.807, 2.05) is 43.3 Å². The molecule has 154 valence electrons. The van der Waals surface area contributed by atoms with Crippen LogP contribution in [0.2, 0.25) is 0 Å². The molecule has 0 fully saturated rings. The summed E-state index contributed by atoms with van der Waals surface area (Å²) in [5, 5.41) is 6.10. The van der Waals surface area contributed by atoms with E-state index >= 15 is 0 Å². The van der Waals surface area contributed by atoms with Gasteiger partial charge in [-0.05, 0) is 48.9 Å². The summed E-state index contributed by atoms with van der Waals surface area (Å²) in [6.07, 6.45) is 1.43. The van der Waals surface area contributed by atoms with Crippen molar-refractivity contribution in [2.24, 2.45) is 0 Å². The summed E-state index contributed by atoms with van der Waals surface area (Å²) in [6.45, 7) is 2.50. The number of anilines is 2. The number of hydrogen-bond acceptors (Lipinski definition) is 4. The van der Waals surface area contributed by atoms with E-state index in [2.05, 4.69) is 20.6 Å². The molecule has 4 aromatic rings. The van der Waals surface area contributed by atoms with Crippen LogP contribution in [0.1, 0.15) is 21.5 Å². The molecule has 0 aliphatic heterocycles. The third-order valence-corrected chi connectivity index (χ3v) is 4.78. The minimum Gasteiger partial charge on any atom is -0.348 e. The van der Waals surface area contributed by atoms with Crippen LogP contribution in [-0.4, -0.2) is 15.9 Å². The van der Waals surface area contributed by atoms with Gasteiger partial charge in [-0.15, -0.1) is 0 Å². The Morgan fingerprint density at radius 2 is 1.71 bits per heavy atom. The van der Waals surface area contributed by atoms with Crippen molar-refractivity contribution < 1.29 is 9.18 Å². The van der Waals surface area contributed by atoms with Crippen molar-refractivity contribution in [2.75, 3.05) is 5.32 Å². The summed E-state index contributed by atoms with van der Waals surface area (Å²) in [7, 11) is 0. The second kappa shape index (κ2) is 9.17. The number of nitrogens with zero attached hydrogens (tertiary/aromatic N) is 2. The number of aryl methyl sites for hydroxylation is 1. The van der Waals surface area contributed by atoms with Crippen molar-refractivity contribution in [1.29, 1.82) is 0 Å². The number of carbonyl (C=O) groups excluding carboxylic acids is 1. The molecule has 6 heteroatoms. The molecule has 2 N–H and O–H groups in total. The van der Waals surface area contributed by atoms with Gasteiger partial charge in [-0.25, -0.2) is 14.4 Å². The molecule has 0 bridgehead atoms. The average molecular weight is 412 g/mol. The largest absolute Gasteiger partial charge is 0.348 e. The lowest BCUT2D eigenvalue weighted by molar-refractivity contribution is 0.0951. The monoisotopic (exact) mass is 412 g/mol. The molecular formula is C25H21FN4O. The third-order valence-electron chi connectivity index (χ3n) is 4.78. The molecule has 31 heavy (non-hydrogen) atoms. The van der Waals surface area contributed by atoms with Gasteiger partial charge in [-0.2, -0.15) is 0 Å². The zero-order chi connectivity index (χ0) is 21.6. The first-order valence-corrected chi connectivity index (χ1v) is 9.86. The highest BCUT2D eigenvalue weighted by atomic mass is 19.1. The van der Waals surface area contributed by atoms with Gasteiger partial charge in [0, 0.05) is 29.4 Å². The van der Waals surface area contributed by atoms with E-state index in [0.717, 1.165) is 11.3 Å². The Bertz CT molecular complexity index is 1190. The number of hydrogen-bond donors (Lipinski definition) is 2. The fourth-order valence-electron chi connectivity index (χ4n) is 3.07. The van der Waals surface area contributed by atoms with Crippen LogP contribution >= 0.6 is 0 Å². The number of halogens is 1. The lowest BCUT2D eigenvalue weighted by Crippen LogP contribution is -2.22. The summed E-state index contributed by atoms with van der Waals surface area (Å²) >= 11 is 0. The molecule has 3 aromatic carbocycles. The van der Waals surface area contributed by atoms with Gasteiger partial charge in [-0.3, -0.25) is 4.79 Å². The zero-order valence-corrected chi connectivity index (χ0v) is 17.0. The molecule has 4 rings (SSSR count). The van der Waals surface area contributed by atoms with Crippen molar-refractivity contribution in [3.63, 3.8) is 0 Å². The Labute approximate surface area is 180 Å². The van der Waals surface area contributed by atoms with Crippen molar-refractivity contribution >= 4 is 17.4 Å². The lowest BCUT2D eigenvalue weighted by atomic mass is 10.1. The van der Waals surface area contributed by atoms with Crippen molar-refractivity contribution in [3.8, 4) is 11.3 Å². The van der Waals surface area contributed by atoms with Crippen molar-refractivity contribution in [1.82, 2.24) is 15.3 Å². The lowest BCUT2D eigenvalue weighted by Gasteiger charge is -2.09.